The molecule has 5 nitrogen and oxygen atoms in total. The molecule has 1 N–H and O–H groups in total. The van der Waals surface area contributed by atoms with E-state index in [0.29, 0.717) is 11.1 Å². The third-order valence-electron chi connectivity index (χ3n) is 3.34. The molecule has 1 aromatic carbocycles. The third-order valence-corrected chi connectivity index (χ3v) is 4.95. The number of aliphatic hydroxyl groups excluding tert-OH is 1. The van der Waals surface area contributed by atoms with Gasteiger partial charge in [0.05, 0.1) is 17.1 Å². The van der Waals surface area contributed by atoms with E-state index in [4.69, 9.17) is 5.11 Å². The lowest BCUT2D eigenvalue weighted by molar-refractivity contribution is 0.0770. The quantitative estimate of drug-likeness (QED) is 0.753. The Morgan fingerprint density at radius 1 is 1.33 bits per heavy atom. The Balaban J connectivity index is 2.28. The van der Waals surface area contributed by atoms with Gasteiger partial charge in [0.2, 0.25) is 0 Å². The summed E-state index contributed by atoms with van der Waals surface area (Å²) in [5.41, 5.74) is 1.93. The second kappa shape index (κ2) is 6.29. The number of hydrogen-bond donors (Lipinski definition) is 1. The highest BCUT2D eigenvalue weighted by Crippen LogP contribution is 2.15. The van der Waals surface area contributed by atoms with Crippen LogP contribution in [0.2, 0.25) is 0 Å². The summed E-state index contributed by atoms with van der Waals surface area (Å²) in [6.45, 7) is 2.02. The van der Waals surface area contributed by atoms with Crippen LogP contribution in [-0.2, 0) is 9.84 Å². The third kappa shape index (κ3) is 3.84. The highest BCUT2D eigenvalue weighted by molar-refractivity contribution is 7.91. The monoisotopic (exact) mass is 307 g/mol. The van der Waals surface area contributed by atoms with Gasteiger partial charge in [-0.3, -0.25) is 4.79 Å². The van der Waals surface area contributed by atoms with E-state index in [1.807, 2.05) is 13.0 Å². The Bertz CT molecular complexity index is 699. The minimum atomic E-state index is -3.02. The van der Waals surface area contributed by atoms with Gasteiger partial charge >= 0.3 is 0 Å². The van der Waals surface area contributed by atoms with Crippen LogP contribution >= 0.6 is 0 Å². The molecular formula is C15H17NO4S. The maximum atomic E-state index is 12.5. The van der Waals surface area contributed by atoms with E-state index in [-0.39, 0.29) is 37.1 Å². The second-order valence-corrected chi connectivity index (χ2v) is 7.26. The molecular weight excluding hydrogens is 290 g/mol. The van der Waals surface area contributed by atoms with Gasteiger partial charge in [0.1, 0.15) is 6.61 Å². The Kier molecular flexibility index (Phi) is 4.66. The second-order valence-electron chi connectivity index (χ2n) is 4.95. The molecule has 1 aromatic rings. The molecule has 0 radical (unpaired) electrons. The number of sulfone groups is 1. The smallest absolute Gasteiger partial charge is 0.255 e. The zero-order chi connectivity index (χ0) is 15.5. The molecule has 0 atom stereocenters. The van der Waals surface area contributed by atoms with Gasteiger partial charge in [-0.15, -0.1) is 0 Å². The summed E-state index contributed by atoms with van der Waals surface area (Å²) < 4.78 is 22.9. The minimum Gasteiger partial charge on any atom is -0.384 e. The summed E-state index contributed by atoms with van der Waals surface area (Å²) in [5, 5.41) is 8.78. The molecule has 1 heterocycles. The van der Waals surface area contributed by atoms with Crippen LogP contribution in [0.1, 0.15) is 21.5 Å². The lowest BCUT2D eigenvalue weighted by Crippen LogP contribution is -2.44. The predicted octanol–water partition coefficient (Wildman–Crippen LogP) is 0.209. The topological polar surface area (TPSA) is 74.7 Å². The van der Waals surface area contributed by atoms with Crippen molar-refractivity contribution in [1.29, 1.82) is 0 Å². The van der Waals surface area contributed by atoms with Gasteiger partial charge in [0.25, 0.3) is 5.91 Å². The van der Waals surface area contributed by atoms with Crippen molar-refractivity contribution >= 4 is 15.7 Å². The highest BCUT2D eigenvalue weighted by atomic mass is 32.2. The summed E-state index contributed by atoms with van der Waals surface area (Å²) in [5.74, 6) is 5.09. The Hall–Kier alpha value is -1.84. The zero-order valence-electron chi connectivity index (χ0n) is 11.8. The van der Waals surface area contributed by atoms with Crippen molar-refractivity contribution in [2.24, 2.45) is 0 Å². The molecule has 1 saturated heterocycles. The fraction of sp³-hybridized carbons (Fsp3) is 0.400. The number of amides is 1. The van der Waals surface area contributed by atoms with Crippen molar-refractivity contribution in [2.45, 2.75) is 6.92 Å². The molecule has 0 aliphatic carbocycles. The number of aryl methyl sites for hydroxylation is 1. The lowest BCUT2D eigenvalue weighted by atomic mass is 10.0. The van der Waals surface area contributed by atoms with E-state index in [2.05, 4.69) is 11.8 Å². The van der Waals surface area contributed by atoms with Gasteiger partial charge in [-0.25, -0.2) is 8.42 Å². The van der Waals surface area contributed by atoms with Gasteiger partial charge in [0, 0.05) is 18.7 Å². The van der Waals surface area contributed by atoms with Crippen LogP contribution in [0.5, 0.6) is 0 Å². The average molecular weight is 307 g/mol. The molecule has 1 aliphatic rings. The fourth-order valence-corrected chi connectivity index (χ4v) is 3.37. The Morgan fingerprint density at radius 2 is 2.00 bits per heavy atom. The predicted molar refractivity (Wildman–Crippen MR) is 79.7 cm³/mol. The van der Waals surface area contributed by atoms with Crippen molar-refractivity contribution in [3.8, 4) is 11.8 Å². The molecule has 0 bridgehead atoms. The lowest BCUT2D eigenvalue weighted by Gasteiger charge is -2.27. The number of rotatable bonds is 1. The molecule has 21 heavy (non-hydrogen) atoms. The first-order valence-electron chi connectivity index (χ1n) is 6.63. The zero-order valence-corrected chi connectivity index (χ0v) is 12.6. The average Bonchev–Trinajstić information content (AvgIpc) is 2.45. The van der Waals surface area contributed by atoms with Gasteiger partial charge in [0.15, 0.2) is 9.84 Å². The van der Waals surface area contributed by atoms with Crippen molar-refractivity contribution < 1.29 is 18.3 Å². The molecule has 112 valence electrons. The Morgan fingerprint density at radius 3 is 2.62 bits per heavy atom. The SMILES string of the molecule is Cc1ccc(C#CCO)c(C(=O)N2CCS(=O)(=O)CC2)c1. The molecule has 6 heteroatoms. The number of benzene rings is 1. The van der Waals surface area contributed by atoms with Gasteiger partial charge in [-0.1, -0.05) is 23.5 Å². The first-order valence-corrected chi connectivity index (χ1v) is 8.45. The highest BCUT2D eigenvalue weighted by Gasteiger charge is 2.26. The Labute approximate surface area is 124 Å². The summed E-state index contributed by atoms with van der Waals surface area (Å²) in [6.07, 6.45) is 0. The van der Waals surface area contributed by atoms with Crippen molar-refractivity contribution in [1.82, 2.24) is 4.90 Å². The number of aliphatic hydroxyl groups is 1. The standard InChI is InChI=1S/C15H17NO4S/c1-12-4-5-13(3-2-8-17)14(11-12)15(18)16-6-9-21(19,20)10-7-16/h4-5,11,17H,6-10H2,1H3. The summed E-state index contributed by atoms with van der Waals surface area (Å²) in [6, 6.07) is 5.33. The van der Waals surface area contributed by atoms with Gasteiger partial charge < -0.3 is 10.0 Å². The number of nitrogens with zero attached hydrogens (tertiary/aromatic N) is 1. The van der Waals surface area contributed by atoms with Crippen LogP contribution < -0.4 is 0 Å². The molecule has 0 unspecified atom stereocenters. The summed E-state index contributed by atoms with van der Waals surface area (Å²) in [7, 11) is -3.02. The van der Waals surface area contributed by atoms with Gasteiger partial charge in [-0.2, -0.15) is 0 Å². The minimum absolute atomic E-state index is 0.00219. The van der Waals surface area contributed by atoms with Crippen LogP contribution in [0.3, 0.4) is 0 Å². The van der Waals surface area contributed by atoms with E-state index < -0.39 is 9.84 Å². The van der Waals surface area contributed by atoms with Crippen LogP contribution in [0.15, 0.2) is 18.2 Å². The van der Waals surface area contributed by atoms with Crippen molar-refractivity contribution in [2.75, 3.05) is 31.2 Å². The number of carbonyl (C=O) groups is 1. The summed E-state index contributed by atoms with van der Waals surface area (Å²) >= 11 is 0. The van der Waals surface area contributed by atoms with E-state index in [1.165, 1.54) is 0 Å². The van der Waals surface area contributed by atoms with Crippen molar-refractivity contribution in [3.05, 3.63) is 34.9 Å². The van der Waals surface area contributed by atoms with Gasteiger partial charge in [-0.05, 0) is 19.1 Å². The molecule has 0 spiro atoms. The van der Waals surface area contributed by atoms with Crippen LogP contribution in [0, 0.1) is 18.8 Å². The van der Waals surface area contributed by atoms with Crippen LogP contribution in [0.4, 0.5) is 0 Å². The fourth-order valence-electron chi connectivity index (χ4n) is 2.16. The normalized spacial score (nSPS) is 17.0. The first kappa shape index (κ1) is 15.5. The van der Waals surface area contributed by atoms with Crippen molar-refractivity contribution in [3.63, 3.8) is 0 Å². The van der Waals surface area contributed by atoms with E-state index in [9.17, 15) is 13.2 Å². The maximum absolute atomic E-state index is 12.5. The molecule has 0 aromatic heterocycles. The molecule has 1 fully saturated rings. The molecule has 2 rings (SSSR count). The van der Waals surface area contributed by atoms with Crippen LogP contribution in [-0.4, -0.2) is 55.5 Å². The number of carbonyl (C=O) groups excluding carboxylic acids is 1. The summed E-state index contributed by atoms with van der Waals surface area (Å²) in [4.78, 5) is 14.1. The maximum Gasteiger partial charge on any atom is 0.255 e. The first-order chi connectivity index (χ1) is 9.93. The van der Waals surface area contributed by atoms with E-state index in [0.717, 1.165) is 5.56 Å². The van der Waals surface area contributed by atoms with E-state index in [1.54, 1.807) is 17.0 Å². The van der Waals surface area contributed by atoms with E-state index >= 15 is 0 Å². The molecule has 0 saturated carbocycles. The largest absolute Gasteiger partial charge is 0.384 e. The molecule has 1 aliphatic heterocycles. The van der Waals surface area contributed by atoms with Crippen LogP contribution in [0.25, 0.3) is 0 Å². The molecule has 1 amide bonds. The number of hydrogen-bond acceptors (Lipinski definition) is 4.